The van der Waals surface area contributed by atoms with E-state index in [-0.39, 0.29) is 23.1 Å². The third-order valence-corrected chi connectivity index (χ3v) is 4.68. The number of esters is 1. The smallest absolute Gasteiger partial charge is 0.340 e. The fraction of sp³-hybridized carbons (Fsp3) is 0.300. The number of hydrogen-bond acceptors (Lipinski definition) is 3. The van der Waals surface area contributed by atoms with Gasteiger partial charge >= 0.3 is 5.97 Å². The van der Waals surface area contributed by atoms with Crippen molar-refractivity contribution in [1.82, 2.24) is 0 Å². The monoisotopic (exact) mass is 341 g/mol. The van der Waals surface area contributed by atoms with Crippen molar-refractivity contribution in [3.05, 3.63) is 65.0 Å². The molecule has 130 valence electrons. The van der Waals surface area contributed by atoms with E-state index < -0.39 is 11.8 Å². The molecule has 1 N–H and O–H groups in total. The number of carbonyl (C=O) groups is 2. The summed E-state index contributed by atoms with van der Waals surface area (Å²) >= 11 is 0. The van der Waals surface area contributed by atoms with Crippen molar-refractivity contribution < 1.29 is 18.7 Å². The van der Waals surface area contributed by atoms with Gasteiger partial charge in [-0.05, 0) is 48.4 Å². The molecule has 1 unspecified atom stereocenters. The number of carbonyl (C=O) groups excluding carboxylic acids is 2. The lowest BCUT2D eigenvalue weighted by Gasteiger charge is -2.16. The zero-order chi connectivity index (χ0) is 18.0. The van der Waals surface area contributed by atoms with Gasteiger partial charge in [-0.15, -0.1) is 0 Å². The highest BCUT2D eigenvalue weighted by Crippen LogP contribution is 2.43. The van der Waals surface area contributed by atoms with Gasteiger partial charge in [0.05, 0.1) is 18.4 Å². The van der Waals surface area contributed by atoms with Crippen LogP contribution in [0.1, 0.15) is 52.0 Å². The molecule has 0 heterocycles. The Morgan fingerprint density at radius 3 is 2.48 bits per heavy atom. The molecule has 25 heavy (non-hydrogen) atoms. The quantitative estimate of drug-likeness (QED) is 0.821. The van der Waals surface area contributed by atoms with Crippen LogP contribution in [0.15, 0.2) is 42.5 Å². The Labute approximate surface area is 146 Å². The van der Waals surface area contributed by atoms with E-state index in [2.05, 4.69) is 17.0 Å². The molecular formula is C20H20FNO3. The van der Waals surface area contributed by atoms with Gasteiger partial charge in [-0.2, -0.15) is 0 Å². The summed E-state index contributed by atoms with van der Waals surface area (Å²) in [4.78, 5) is 24.3. The highest BCUT2D eigenvalue weighted by Gasteiger charge is 2.31. The van der Waals surface area contributed by atoms with Crippen molar-refractivity contribution in [3.63, 3.8) is 0 Å². The van der Waals surface area contributed by atoms with Gasteiger partial charge in [0.2, 0.25) is 0 Å². The molecule has 5 heteroatoms. The van der Waals surface area contributed by atoms with Gasteiger partial charge in [-0.3, -0.25) is 4.79 Å². The third kappa shape index (κ3) is 3.55. The van der Waals surface area contributed by atoms with Crippen LogP contribution in [0.5, 0.6) is 0 Å². The zero-order valence-corrected chi connectivity index (χ0v) is 14.2. The average Bonchev–Trinajstić information content (AvgIpc) is 3.47. The Morgan fingerprint density at radius 2 is 1.80 bits per heavy atom. The van der Waals surface area contributed by atoms with Crippen molar-refractivity contribution in [2.75, 3.05) is 12.4 Å². The van der Waals surface area contributed by atoms with Crippen LogP contribution in [0.4, 0.5) is 10.1 Å². The Kier molecular flexibility index (Phi) is 4.83. The zero-order valence-electron chi connectivity index (χ0n) is 14.2. The molecule has 0 radical (unpaired) electrons. The van der Waals surface area contributed by atoms with Crippen LogP contribution in [-0.2, 0) is 4.74 Å². The minimum absolute atomic E-state index is 0.0400. The van der Waals surface area contributed by atoms with E-state index in [1.165, 1.54) is 38.2 Å². The second-order valence-electron chi connectivity index (χ2n) is 6.33. The Hall–Kier alpha value is -2.69. The Morgan fingerprint density at radius 1 is 1.12 bits per heavy atom. The highest BCUT2D eigenvalue weighted by molar-refractivity contribution is 6.06. The Balaban J connectivity index is 1.87. The van der Waals surface area contributed by atoms with Crippen LogP contribution in [0.2, 0.25) is 0 Å². The molecule has 1 aliphatic rings. The number of halogens is 1. The summed E-state index contributed by atoms with van der Waals surface area (Å²) in [6.45, 7) is 2.11. The predicted octanol–water partition coefficient (Wildman–Crippen LogP) is 4.38. The van der Waals surface area contributed by atoms with Gasteiger partial charge in [0.15, 0.2) is 5.82 Å². The molecule has 1 aliphatic carbocycles. The molecule has 1 saturated carbocycles. The summed E-state index contributed by atoms with van der Waals surface area (Å²) in [5.74, 6) is -1.07. The molecule has 0 bridgehead atoms. The first-order valence-electron chi connectivity index (χ1n) is 8.30. The molecule has 2 aromatic rings. The maximum atomic E-state index is 14.5. The van der Waals surface area contributed by atoms with Crippen molar-refractivity contribution in [2.24, 2.45) is 5.92 Å². The molecule has 4 nitrogen and oxygen atoms in total. The second kappa shape index (κ2) is 7.05. The van der Waals surface area contributed by atoms with Crippen molar-refractivity contribution >= 4 is 17.6 Å². The SMILES string of the molecule is COC(=O)c1cccc(NC(=O)c2ccccc2C(C)C2CC2)c1F. The Bertz CT molecular complexity index is 814. The molecule has 3 rings (SSSR count). The number of amides is 1. The maximum Gasteiger partial charge on any atom is 0.340 e. The minimum atomic E-state index is -0.796. The lowest BCUT2D eigenvalue weighted by atomic mass is 9.91. The third-order valence-electron chi connectivity index (χ3n) is 4.68. The van der Waals surface area contributed by atoms with Crippen molar-refractivity contribution in [2.45, 2.75) is 25.7 Å². The minimum Gasteiger partial charge on any atom is -0.465 e. The van der Waals surface area contributed by atoms with Crippen molar-refractivity contribution in [3.8, 4) is 0 Å². The van der Waals surface area contributed by atoms with Gasteiger partial charge in [0, 0.05) is 5.56 Å². The number of hydrogen-bond donors (Lipinski definition) is 1. The molecule has 0 spiro atoms. The fourth-order valence-corrected chi connectivity index (χ4v) is 3.04. The number of anilines is 1. The molecule has 1 atom stereocenters. The molecule has 2 aromatic carbocycles. The highest BCUT2D eigenvalue weighted by atomic mass is 19.1. The molecular weight excluding hydrogens is 321 g/mol. The summed E-state index contributed by atoms with van der Waals surface area (Å²) in [5, 5.41) is 2.58. The summed E-state index contributed by atoms with van der Waals surface area (Å²) in [5.41, 5.74) is 1.25. The summed E-state index contributed by atoms with van der Waals surface area (Å²) < 4.78 is 19.0. The molecule has 0 aromatic heterocycles. The maximum absolute atomic E-state index is 14.5. The van der Waals surface area contributed by atoms with E-state index in [4.69, 9.17) is 0 Å². The number of methoxy groups -OCH3 is 1. The standard InChI is InChI=1S/C20H20FNO3/c1-12(13-10-11-13)14-6-3-4-7-15(14)19(23)22-17-9-5-8-16(18(17)21)20(24)25-2/h3-9,12-13H,10-11H2,1-2H3,(H,22,23). The van der Waals surface area contributed by atoms with Crippen LogP contribution in [0.25, 0.3) is 0 Å². The number of rotatable bonds is 5. The largest absolute Gasteiger partial charge is 0.465 e. The van der Waals surface area contributed by atoms with Crippen molar-refractivity contribution in [1.29, 1.82) is 0 Å². The summed E-state index contributed by atoms with van der Waals surface area (Å²) in [6, 6.07) is 11.6. The van der Waals surface area contributed by atoms with Gasteiger partial charge in [-0.1, -0.05) is 31.2 Å². The number of benzene rings is 2. The van der Waals surface area contributed by atoms with Crippen LogP contribution in [0.3, 0.4) is 0 Å². The summed E-state index contributed by atoms with van der Waals surface area (Å²) in [7, 11) is 1.18. The first-order valence-corrected chi connectivity index (χ1v) is 8.30. The average molecular weight is 341 g/mol. The van der Waals surface area contributed by atoms with Crippen LogP contribution >= 0.6 is 0 Å². The molecule has 0 saturated heterocycles. The van der Waals surface area contributed by atoms with Crippen LogP contribution < -0.4 is 5.32 Å². The molecule has 1 amide bonds. The lowest BCUT2D eigenvalue weighted by molar-refractivity contribution is 0.0595. The van der Waals surface area contributed by atoms with E-state index in [0.717, 1.165) is 5.56 Å². The van der Waals surface area contributed by atoms with Gasteiger partial charge in [0.25, 0.3) is 5.91 Å². The van der Waals surface area contributed by atoms with E-state index >= 15 is 0 Å². The normalized spacial score (nSPS) is 14.7. The van der Waals surface area contributed by atoms with E-state index in [1.54, 1.807) is 12.1 Å². The predicted molar refractivity (Wildman–Crippen MR) is 93.3 cm³/mol. The summed E-state index contributed by atoms with van der Waals surface area (Å²) in [6.07, 6.45) is 2.35. The first-order chi connectivity index (χ1) is 12.0. The molecule has 0 aliphatic heterocycles. The van der Waals surface area contributed by atoms with Gasteiger partial charge < -0.3 is 10.1 Å². The van der Waals surface area contributed by atoms with E-state index in [0.29, 0.717) is 11.5 Å². The fourth-order valence-electron chi connectivity index (χ4n) is 3.04. The van der Waals surface area contributed by atoms with Crippen LogP contribution in [-0.4, -0.2) is 19.0 Å². The lowest BCUT2D eigenvalue weighted by Crippen LogP contribution is -2.17. The second-order valence-corrected chi connectivity index (χ2v) is 6.33. The van der Waals surface area contributed by atoms with Crippen LogP contribution in [0, 0.1) is 11.7 Å². The number of ether oxygens (including phenoxy) is 1. The van der Waals surface area contributed by atoms with Gasteiger partial charge in [-0.25, -0.2) is 9.18 Å². The van der Waals surface area contributed by atoms with Gasteiger partial charge in [0.1, 0.15) is 0 Å². The number of nitrogens with one attached hydrogen (secondary N) is 1. The first kappa shape index (κ1) is 17.1. The topological polar surface area (TPSA) is 55.4 Å². The van der Waals surface area contributed by atoms with E-state index in [1.807, 2.05) is 12.1 Å². The molecule has 1 fully saturated rings. The van der Waals surface area contributed by atoms with E-state index in [9.17, 15) is 14.0 Å².